The van der Waals surface area contributed by atoms with Gasteiger partial charge in [0.05, 0.1) is 11.8 Å². The zero-order valence-corrected chi connectivity index (χ0v) is 10.8. The van der Waals surface area contributed by atoms with Crippen LogP contribution in [-0.4, -0.2) is 17.1 Å². The van der Waals surface area contributed by atoms with Crippen LogP contribution in [0.4, 0.5) is 0 Å². The maximum absolute atomic E-state index is 11.5. The lowest BCUT2D eigenvalue weighted by molar-refractivity contribution is 0.0995. The van der Waals surface area contributed by atoms with Gasteiger partial charge in [0.1, 0.15) is 12.0 Å². The molecule has 0 radical (unpaired) electrons. The Bertz CT molecular complexity index is 767. The number of benzene rings is 1. The molecule has 0 fully saturated rings. The number of nitroso groups, excluding NO2 is 1. The normalized spacial score (nSPS) is 12.2. The average Bonchev–Trinajstić information content (AvgIpc) is 2.79. The van der Waals surface area contributed by atoms with Crippen LogP contribution in [0.25, 0.3) is 11.1 Å². The highest BCUT2D eigenvalue weighted by molar-refractivity contribution is 5.99. The Balaban J connectivity index is 2.26. The summed E-state index contributed by atoms with van der Waals surface area (Å²) in [6.45, 7) is 0. The summed E-state index contributed by atoms with van der Waals surface area (Å²) in [6, 6.07) is 10.9. The van der Waals surface area contributed by atoms with Gasteiger partial charge in [-0.1, -0.05) is 30.3 Å². The van der Waals surface area contributed by atoms with E-state index in [-0.39, 0.29) is 11.6 Å². The van der Waals surface area contributed by atoms with Gasteiger partial charge in [0, 0.05) is 11.4 Å². The smallest absolute Gasteiger partial charge is 0.335 e. The summed E-state index contributed by atoms with van der Waals surface area (Å²) in [4.78, 5) is 30.1. The van der Waals surface area contributed by atoms with Crippen LogP contribution in [0.15, 0.2) is 59.0 Å². The maximum Gasteiger partial charge on any atom is 0.335 e. The predicted octanol–water partition coefficient (Wildman–Crippen LogP) is 2.94. The van der Waals surface area contributed by atoms with Crippen LogP contribution in [0.5, 0.6) is 5.88 Å². The maximum atomic E-state index is 11.5. The molecule has 21 heavy (non-hydrogen) atoms. The lowest BCUT2D eigenvalue weighted by atomic mass is 10.0. The molecule has 0 saturated heterocycles. The number of fused-ring (bicyclic) bond motifs is 1. The minimum Gasteiger partial charge on any atom is -0.444 e. The molecule has 6 heteroatoms. The molecule has 0 unspecified atom stereocenters. The molecule has 0 spiro atoms. The molecule has 1 amide bonds. The van der Waals surface area contributed by atoms with Crippen molar-refractivity contribution in [3.8, 4) is 17.0 Å². The second-order valence-corrected chi connectivity index (χ2v) is 4.22. The number of hydrogen-bond donors (Lipinski definition) is 0. The van der Waals surface area contributed by atoms with Crippen LogP contribution < -0.4 is 4.74 Å². The fourth-order valence-corrected chi connectivity index (χ4v) is 2.01. The largest absolute Gasteiger partial charge is 0.444 e. The van der Waals surface area contributed by atoms with Gasteiger partial charge in [-0.05, 0) is 17.2 Å². The van der Waals surface area contributed by atoms with Gasteiger partial charge in [-0.25, -0.2) is 4.98 Å². The first-order valence-corrected chi connectivity index (χ1v) is 6.12. The molecule has 0 atom stereocenters. The molecule has 0 saturated carbocycles. The van der Waals surface area contributed by atoms with E-state index in [1.165, 1.54) is 18.5 Å². The van der Waals surface area contributed by atoms with Crippen molar-refractivity contribution in [2.75, 3.05) is 0 Å². The van der Waals surface area contributed by atoms with Crippen molar-refractivity contribution in [2.24, 2.45) is 10.2 Å². The fourth-order valence-electron chi connectivity index (χ4n) is 2.01. The molecule has 0 bridgehead atoms. The zero-order valence-electron chi connectivity index (χ0n) is 10.8. The van der Waals surface area contributed by atoms with Gasteiger partial charge in [0.2, 0.25) is 5.88 Å². The number of amides is 1. The van der Waals surface area contributed by atoms with Gasteiger partial charge in [-0.3, -0.25) is 9.79 Å². The van der Waals surface area contributed by atoms with Crippen LogP contribution in [-0.2, 0) is 0 Å². The number of nitrogens with zero attached hydrogens (tertiary/aromatic N) is 3. The Morgan fingerprint density at radius 2 is 2.00 bits per heavy atom. The zero-order chi connectivity index (χ0) is 14.7. The summed E-state index contributed by atoms with van der Waals surface area (Å²) in [5, 5.41) is 2.41. The molecule has 2 aromatic rings. The van der Waals surface area contributed by atoms with Crippen molar-refractivity contribution in [1.82, 2.24) is 4.98 Å². The van der Waals surface area contributed by atoms with Crippen LogP contribution in [0, 0.1) is 4.91 Å². The molecular formula is C15H9N3O3. The molecular weight excluding hydrogens is 270 g/mol. The summed E-state index contributed by atoms with van der Waals surface area (Å²) in [5.41, 5.74) is 2.12. The van der Waals surface area contributed by atoms with Gasteiger partial charge in [0.15, 0.2) is 0 Å². The van der Waals surface area contributed by atoms with E-state index in [1.54, 1.807) is 6.21 Å². The number of carbonyl (C=O) groups is 1. The van der Waals surface area contributed by atoms with E-state index in [9.17, 15) is 9.70 Å². The van der Waals surface area contributed by atoms with Crippen molar-refractivity contribution in [3.63, 3.8) is 0 Å². The van der Waals surface area contributed by atoms with Crippen molar-refractivity contribution < 1.29 is 9.53 Å². The first-order valence-electron chi connectivity index (χ1n) is 6.12. The number of rotatable bonds is 2. The van der Waals surface area contributed by atoms with Crippen molar-refractivity contribution in [2.45, 2.75) is 0 Å². The average molecular weight is 279 g/mol. The Labute approximate surface area is 119 Å². The van der Waals surface area contributed by atoms with Crippen molar-refractivity contribution >= 4 is 12.1 Å². The number of pyridine rings is 1. The number of hydrogen-bond acceptors (Lipinski definition) is 5. The van der Waals surface area contributed by atoms with Crippen molar-refractivity contribution in [3.05, 3.63) is 65.0 Å². The molecule has 3 rings (SSSR count). The summed E-state index contributed by atoms with van der Waals surface area (Å²) >= 11 is 0. The van der Waals surface area contributed by atoms with Gasteiger partial charge in [-0.15, -0.1) is 4.91 Å². The quantitative estimate of drug-likeness (QED) is 0.791. The summed E-state index contributed by atoms with van der Waals surface area (Å²) in [7, 11) is 0. The van der Waals surface area contributed by atoms with E-state index in [0.717, 1.165) is 5.56 Å². The SMILES string of the molecule is O=NC(=O)c1cc(-c2ccccc2)c2c(n1)OC=CN=C2. The van der Waals surface area contributed by atoms with E-state index in [0.29, 0.717) is 11.1 Å². The topological polar surface area (TPSA) is 81.0 Å². The lowest BCUT2D eigenvalue weighted by Gasteiger charge is -2.10. The highest BCUT2D eigenvalue weighted by atomic mass is 16.5. The second kappa shape index (κ2) is 5.46. The molecule has 1 aliphatic heterocycles. The molecule has 0 aliphatic carbocycles. The molecule has 1 aromatic carbocycles. The Morgan fingerprint density at radius 1 is 1.19 bits per heavy atom. The Kier molecular flexibility index (Phi) is 3.34. The van der Waals surface area contributed by atoms with Gasteiger partial charge >= 0.3 is 5.91 Å². The molecule has 1 aromatic heterocycles. The highest BCUT2D eigenvalue weighted by Crippen LogP contribution is 2.30. The number of aromatic nitrogens is 1. The monoisotopic (exact) mass is 279 g/mol. The Hall–Kier alpha value is -3.15. The van der Waals surface area contributed by atoms with Gasteiger partial charge < -0.3 is 4.74 Å². The molecule has 1 aliphatic rings. The van der Waals surface area contributed by atoms with Crippen LogP contribution >= 0.6 is 0 Å². The summed E-state index contributed by atoms with van der Waals surface area (Å²) < 4.78 is 5.33. The predicted molar refractivity (Wildman–Crippen MR) is 77.2 cm³/mol. The molecule has 0 N–H and O–H groups in total. The van der Waals surface area contributed by atoms with Crippen LogP contribution in [0.1, 0.15) is 16.1 Å². The van der Waals surface area contributed by atoms with E-state index in [2.05, 4.69) is 15.2 Å². The van der Waals surface area contributed by atoms with E-state index >= 15 is 0 Å². The molecule has 2 heterocycles. The van der Waals surface area contributed by atoms with Crippen LogP contribution in [0.2, 0.25) is 0 Å². The second-order valence-electron chi connectivity index (χ2n) is 4.22. The summed E-state index contributed by atoms with van der Waals surface area (Å²) in [5.74, 6) is -0.732. The van der Waals surface area contributed by atoms with Gasteiger partial charge in [0.25, 0.3) is 0 Å². The third-order valence-electron chi connectivity index (χ3n) is 2.94. The van der Waals surface area contributed by atoms with E-state index in [4.69, 9.17) is 4.74 Å². The van der Waals surface area contributed by atoms with E-state index in [1.807, 2.05) is 30.3 Å². The number of ether oxygens (including phenoxy) is 1. The lowest BCUT2D eigenvalue weighted by Crippen LogP contribution is -2.04. The third kappa shape index (κ3) is 2.46. The minimum atomic E-state index is -0.941. The van der Waals surface area contributed by atoms with Crippen LogP contribution in [0.3, 0.4) is 0 Å². The molecule has 102 valence electrons. The standard InChI is InChI=1S/C15H9N3O3/c19-14(18-20)13-8-11(10-4-2-1-3-5-10)12-9-16-6-7-21-15(12)17-13/h1-9H. The fraction of sp³-hybridized carbons (Fsp3) is 0. The van der Waals surface area contributed by atoms with Gasteiger partial charge in [-0.2, -0.15) is 0 Å². The minimum absolute atomic E-state index is 0.0636. The van der Waals surface area contributed by atoms with E-state index < -0.39 is 5.91 Å². The number of aliphatic imine (C=N–C) groups is 1. The first kappa shape index (κ1) is 12.9. The number of carbonyl (C=O) groups excluding carboxylic acids is 1. The third-order valence-corrected chi connectivity index (χ3v) is 2.94. The van der Waals surface area contributed by atoms with Crippen molar-refractivity contribution in [1.29, 1.82) is 0 Å². The highest BCUT2D eigenvalue weighted by Gasteiger charge is 2.18. The Morgan fingerprint density at radius 3 is 2.76 bits per heavy atom. The first-order chi connectivity index (χ1) is 10.3. The molecule has 6 nitrogen and oxygen atoms in total. The summed E-state index contributed by atoms with van der Waals surface area (Å²) in [6.07, 6.45) is 4.42.